The average molecular weight is 231 g/mol. The van der Waals surface area contributed by atoms with Crippen LogP contribution in [0, 0.1) is 0 Å². The SMILES string of the molecule is CC(=O)c1c[nH]c(=O)n(-c2cccnc2)c1=O. The molecule has 0 spiro atoms. The van der Waals surface area contributed by atoms with E-state index in [1.54, 1.807) is 12.1 Å². The second-order valence-corrected chi connectivity index (χ2v) is 3.42. The molecule has 0 aromatic carbocycles. The fourth-order valence-electron chi connectivity index (χ4n) is 1.45. The van der Waals surface area contributed by atoms with Crippen LogP contribution in [0.25, 0.3) is 5.69 Å². The fourth-order valence-corrected chi connectivity index (χ4v) is 1.45. The lowest BCUT2D eigenvalue weighted by atomic mass is 10.2. The molecule has 0 saturated heterocycles. The Morgan fingerprint density at radius 3 is 2.76 bits per heavy atom. The van der Waals surface area contributed by atoms with Gasteiger partial charge in [0.25, 0.3) is 5.56 Å². The Morgan fingerprint density at radius 2 is 2.18 bits per heavy atom. The van der Waals surface area contributed by atoms with E-state index in [2.05, 4.69) is 9.97 Å². The van der Waals surface area contributed by atoms with Crippen molar-refractivity contribution in [3.8, 4) is 5.69 Å². The number of carbonyl (C=O) groups excluding carboxylic acids is 1. The smallest absolute Gasteiger partial charge is 0.313 e. The topological polar surface area (TPSA) is 84.8 Å². The third-order valence-corrected chi connectivity index (χ3v) is 2.26. The van der Waals surface area contributed by atoms with E-state index in [9.17, 15) is 14.4 Å². The predicted octanol–water partition coefficient (Wildman–Crippen LogP) is 0.123. The van der Waals surface area contributed by atoms with Crippen molar-refractivity contribution in [2.24, 2.45) is 0 Å². The lowest BCUT2D eigenvalue weighted by molar-refractivity contribution is 0.101. The van der Waals surface area contributed by atoms with Crippen LogP contribution in [0.5, 0.6) is 0 Å². The Bertz CT molecular complexity index is 670. The molecule has 0 fully saturated rings. The first-order valence-corrected chi connectivity index (χ1v) is 4.87. The molecule has 2 heterocycles. The summed E-state index contributed by atoms with van der Waals surface area (Å²) in [6.45, 7) is 1.27. The van der Waals surface area contributed by atoms with Gasteiger partial charge >= 0.3 is 5.69 Å². The maximum atomic E-state index is 11.9. The van der Waals surface area contributed by atoms with Gasteiger partial charge < -0.3 is 4.98 Å². The zero-order valence-corrected chi connectivity index (χ0v) is 9.01. The highest BCUT2D eigenvalue weighted by molar-refractivity contribution is 5.93. The molecule has 0 aliphatic carbocycles. The molecular weight excluding hydrogens is 222 g/mol. The molecule has 17 heavy (non-hydrogen) atoms. The van der Waals surface area contributed by atoms with Crippen molar-refractivity contribution in [2.45, 2.75) is 6.92 Å². The van der Waals surface area contributed by atoms with Crippen LogP contribution in [0.1, 0.15) is 17.3 Å². The van der Waals surface area contributed by atoms with Gasteiger partial charge in [-0.05, 0) is 19.1 Å². The fraction of sp³-hybridized carbons (Fsp3) is 0.0909. The van der Waals surface area contributed by atoms with E-state index in [0.29, 0.717) is 5.69 Å². The highest BCUT2D eigenvalue weighted by atomic mass is 16.2. The number of hydrogen-bond donors (Lipinski definition) is 1. The second kappa shape index (κ2) is 4.17. The summed E-state index contributed by atoms with van der Waals surface area (Å²) in [4.78, 5) is 40.9. The average Bonchev–Trinajstić information content (AvgIpc) is 2.30. The first-order chi connectivity index (χ1) is 8.11. The molecule has 0 aliphatic rings. The number of Topliss-reactive ketones (excluding diaryl/α,β-unsaturated/α-hetero) is 1. The van der Waals surface area contributed by atoms with Crippen LogP contribution >= 0.6 is 0 Å². The van der Waals surface area contributed by atoms with Gasteiger partial charge in [-0.2, -0.15) is 0 Å². The number of rotatable bonds is 2. The highest BCUT2D eigenvalue weighted by Gasteiger charge is 2.11. The minimum absolute atomic E-state index is 0.0616. The molecule has 0 aliphatic heterocycles. The van der Waals surface area contributed by atoms with Crippen molar-refractivity contribution in [1.29, 1.82) is 0 Å². The summed E-state index contributed by atoms with van der Waals surface area (Å²) in [5, 5.41) is 0. The van der Waals surface area contributed by atoms with Gasteiger partial charge in [-0.3, -0.25) is 14.6 Å². The van der Waals surface area contributed by atoms with Gasteiger partial charge in [0, 0.05) is 12.4 Å². The molecule has 0 amide bonds. The van der Waals surface area contributed by atoms with Crippen molar-refractivity contribution in [2.75, 3.05) is 0 Å². The number of ketones is 1. The molecule has 6 nitrogen and oxygen atoms in total. The number of pyridine rings is 1. The largest absolute Gasteiger partial charge is 0.333 e. The van der Waals surface area contributed by atoms with Gasteiger partial charge in [0.05, 0.1) is 17.4 Å². The molecular formula is C11H9N3O3. The maximum absolute atomic E-state index is 11.9. The molecule has 0 radical (unpaired) electrons. The van der Waals surface area contributed by atoms with E-state index < -0.39 is 17.0 Å². The van der Waals surface area contributed by atoms with Crippen LogP contribution in [-0.4, -0.2) is 20.3 Å². The summed E-state index contributed by atoms with van der Waals surface area (Å²) in [6.07, 6.45) is 4.03. The quantitative estimate of drug-likeness (QED) is 0.744. The van der Waals surface area contributed by atoms with Crippen molar-refractivity contribution >= 4 is 5.78 Å². The van der Waals surface area contributed by atoms with Crippen LogP contribution in [0.2, 0.25) is 0 Å². The highest BCUT2D eigenvalue weighted by Crippen LogP contribution is 1.98. The van der Waals surface area contributed by atoms with E-state index in [-0.39, 0.29) is 5.56 Å². The number of aromatic nitrogens is 3. The third-order valence-electron chi connectivity index (χ3n) is 2.26. The molecule has 2 rings (SSSR count). The van der Waals surface area contributed by atoms with Gasteiger partial charge in [-0.15, -0.1) is 0 Å². The summed E-state index contributed by atoms with van der Waals surface area (Å²) in [5.74, 6) is -0.399. The summed E-state index contributed by atoms with van der Waals surface area (Å²) in [5.41, 5.74) is -0.988. The standard InChI is InChI=1S/C11H9N3O3/c1-7(15)9-6-13-11(17)14(10(9)16)8-3-2-4-12-5-8/h2-6H,1H3,(H,13,17). The third kappa shape index (κ3) is 1.92. The van der Waals surface area contributed by atoms with E-state index in [1.165, 1.54) is 19.3 Å². The summed E-state index contributed by atoms with van der Waals surface area (Å²) in [7, 11) is 0. The number of hydrogen-bond acceptors (Lipinski definition) is 4. The molecule has 0 saturated carbocycles. The molecule has 0 atom stereocenters. The van der Waals surface area contributed by atoms with Crippen molar-refractivity contribution in [3.63, 3.8) is 0 Å². The molecule has 1 N–H and O–H groups in total. The lowest BCUT2D eigenvalue weighted by Gasteiger charge is -2.04. The molecule has 6 heteroatoms. The van der Waals surface area contributed by atoms with Gasteiger partial charge in [0.15, 0.2) is 5.78 Å². The Balaban J connectivity index is 2.79. The lowest BCUT2D eigenvalue weighted by Crippen LogP contribution is -2.36. The van der Waals surface area contributed by atoms with E-state index in [4.69, 9.17) is 0 Å². The van der Waals surface area contributed by atoms with Gasteiger partial charge in [0.2, 0.25) is 0 Å². The van der Waals surface area contributed by atoms with E-state index >= 15 is 0 Å². The summed E-state index contributed by atoms with van der Waals surface area (Å²) in [6, 6.07) is 3.16. The Hall–Kier alpha value is -2.50. The monoisotopic (exact) mass is 231 g/mol. The van der Waals surface area contributed by atoms with Crippen molar-refractivity contribution in [3.05, 3.63) is 57.1 Å². The molecule has 2 aromatic heterocycles. The Labute approximate surface area is 95.6 Å². The van der Waals surface area contributed by atoms with Crippen LogP contribution in [0.3, 0.4) is 0 Å². The normalized spacial score (nSPS) is 10.2. The number of aromatic amines is 1. The number of carbonyl (C=O) groups is 1. The van der Waals surface area contributed by atoms with Gasteiger partial charge in [-0.1, -0.05) is 0 Å². The van der Waals surface area contributed by atoms with Crippen molar-refractivity contribution < 1.29 is 4.79 Å². The van der Waals surface area contributed by atoms with Crippen LogP contribution in [0.15, 0.2) is 40.3 Å². The van der Waals surface area contributed by atoms with Crippen LogP contribution in [-0.2, 0) is 0 Å². The van der Waals surface area contributed by atoms with Crippen LogP contribution < -0.4 is 11.2 Å². The Kier molecular flexibility index (Phi) is 2.70. The number of nitrogens with zero attached hydrogens (tertiary/aromatic N) is 2. The van der Waals surface area contributed by atoms with E-state index in [0.717, 1.165) is 10.8 Å². The maximum Gasteiger partial charge on any atom is 0.333 e. The minimum Gasteiger partial charge on any atom is -0.313 e. The van der Waals surface area contributed by atoms with E-state index in [1.807, 2.05) is 0 Å². The molecule has 86 valence electrons. The molecule has 0 bridgehead atoms. The Morgan fingerprint density at radius 1 is 1.41 bits per heavy atom. The summed E-state index contributed by atoms with van der Waals surface area (Å²) >= 11 is 0. The summed E-state index contributed by atoms with van der Waals surface area (Å²) < 4.78 is 0.879. The van der Waals surface area contributed by atoms with Gasteiger partial charge in [-0.25, -0.2) is 9.36 Å². The number of nitrogens with one attached hydrogen (secondary N) is 1. The van der Waals surface area contributed by atoms with Crippen molar-refractivity contribution in [1.82, 2.24) is 14.5 Å². The molecule has 0 unspecified atom stereocenters. The first kappa shape index (κ1) is 11.0. The zero-order valence-electron chi connectivity index (χ0n) is 9.01. The van der Waals surface area contributed by atoms with Gasteiger partial charge in [0.1, 0.15) is 0 Å². The second-order valence-electron chi connectivity index (χ2n) is 3.42. The van der Waals surface area contributed by atoms with Crippen LogP contribution in [0.4, 0.5) is 0 Å². The predicted molar refractivity (Wildman–Crippen MR) is 60.5 cm³/mol. The first-order valence-electron chi connectivity index (χ1n) is 4.87. The zero-order chi connectivity index (χ0) is 12.4. The minimum atomic E-state index is -0.644. The number of H-pyrrole nitrogens is 1. The molecule has 2 aromatic rings.